The van der Waals surface area contributed by atoms with Crippen molar-refractivity contribution in [3.8, 4) is 0 Å². The van der Waals surface area contributed by atoms with E-state index in [-0.39, 0.29) is 16.2 Å². The number of hydrogen-bond donors (Lipinski definition) is 0. The van der Waals surface area contributed by atoms with Crippen LogP contribution in [0.4, 0.5) is 0 Å². The summed E-state index contributed by atoms with van der Waals surface area (Å²) in [6.07, 6.45) is 30.5. The van der Waals surface area contributed by atoms with Gasteiger partial charge in [-0.1, -0.05) is 70.9 Å². The fourth-order valence-corrected chi connectivity index (χ4v) is 15.8. The molecule has 0 aromatic carbocycles. The van der Waals surface area contributed by atoms with Gasteiger partial charge in [0.25, 0.3) is 0 Å². The van der Waals surface area contributed by atoms with E-state index >= 15 is 0 Å². The van der Waals surface area contributed by atoms with Crippen LogP contribution in [0, 0.1) is 69.0 Å². The molecule has 0 amide bonds. The summed E-state index contributed by atoms with van der Waals surface area (Å²) in [6, 6.07) is 6.37. The van der Waals surface area contributed by atoms with Gasteiger partial charge >= 0.3 is 0 Å². The third-order valence-electron chi connectivity index (χ3n) is 18.5. The van der Waals surface area contributed by atoms with Gasteiger partial charge in [0, 0.05) is 23.0 Å². The molecule has 4 fully saturated rings. The average molecular weight is 731 g/mol. The van der Waals surface area contributed by atoms with Gasteiger partial charge in [0.05, 0.1) is 38.1 Å². The number of methoxy groups -OCH3 is 1. The molecular formula is C50H66O4. The van der Waals surface area contributed by atoms with E-state index in [0.29, 0.717) is 41.3 Å². The van der Waals surface area contributed by atoms with Gasteiger partial charge in [0.2, 0.25) is 0 Å². The van der Waals surface area contributed by atoms with E-state index in [1.807, 2.05) is 32.0 Å². The Morgan fingerprint density at radius 2 is 1.43 bits per heavy atom. The first-order valence-electron chi connectivity index (χ1n) is 22.1. The summed E-state index contributed by atoms with van der Waals surface area (Å²) < 4.78 is 25.0. The van der Waals surface area contributed by atoms with Crippen LogP contribution in [0.5, 0.6) is 0 Å². The molecule has 0 aliphatic heterocycles. The number of furan rings is 2. The minimum absolute atomic E-state index is 0.106. The van der Waals surface area contributed by atoms with Crippen LogP contribution in [0.1, 0.15) is 136 Å². The highest BCUT2D eigenvalue weighted by Gasteiger charge is 2.62. The smallest absolute Gasteiger partial charge is 0.133 e. The van der Waals surface area contributed by atoms with E-state index in [2.05, 4.69) is 71.9 Å². The molecule has 4 heteroatoms. The molecule has 8 aliphatic carbocycles. The monoisotopic (exact) mass is 730 g/mol. The van der Waals surface area contributed by atoms with Gasteiger partial charge in [-0.15, -0.1) is 0 Å². The predicted octanol–water partition coefficient (Wildman–Crippen LogP) is 13.1. The van der Waals surface area contributed by atoms with Gasteiger partial charge in [-0.05, 0) is 164 Å². The van der Waals surface area contributed by atoms with Gasteiger partial charge in [-0.3, -0.25) is 0 Å². The molecule has 290 valence electrons. The molecule has 10 rings (SSSR count). The molecule has 4 saturated carbocycles. The van der Waals surface area contributed by atoms with Crippen molar-refractivity contribution in [2.45, 2.75) is 137 Å². The average Bonchev–Trinajstić information content (AvgIpc) is 3.98. The molecular weight excluding hydrogens is 665 g/mol. The first kappa shape index (κ1) is 35.7. The molecule has 4 nitrogen and oxygen atoms in total. The minimum atomic E-state index is 0.106. The number of allylic oxidation sites excluding steroid dienone is 6. The summed E-state index contributed by atoms with van der Waals surface area (Å²) in [5, 5.41) is 0. The summed E-state index contributed by atoms with van der Waals surface area (Å²) in [7, 11) is 1.87. The minimum Gasteiger partial charge on any atom is -0.501 e. The normalized spacial score (nSPS) is 46.6. The highest BCUT2D eigenvalue weighted by molar-refractivity contribution is 5.73. The third kappa shape index (κ3) is 4.95. The first-order chi connectivity index (χ1) is 26.0. The Balaban J connectivity index is 0.846. The lowest BCUT2D eigenvalue weighted by molar-refractivity contribution is -0.0908. The molecule has 2 heterocycles. The first-order valence-corrected chi connectivity index (χ1v) is 22.1. The lowest BCUT2D eigenvalue weighted by atomic mass is 9.45. The maximum absolute atomic E-state index is 7.27. The van der Waals surface area contributed by atoms with E-state index in [1.54, 1.807) is 16.7 Å². The standard InChI is InChI=1S/C50H66O4/c1-8-31-25-34-27-36(14-19-48(34,4)40-15-20-49(5)37(32-17-23-52-29-32)11-12-38(49)45(31)40)54-35-13-18-47(3)33(26-35)24-30(2)44-39(47)16-21-50(6)41(44)28-43(51-7)46(50)42-10-9-22-53-42/h9-11,17,22-25,29-31,35-36,38-41,44-45H,8,12-16,18-21,26-28H2,1-7H3/t30-,31+,35-,36+,38?,39-,40?,41-,44+,45?,47-,48-,49+,50-/m0/s1. The van der Waals surface area contributed by atoms with Crippen LogP contribution >= 0.6 is 0 Å². The summed E-state index contributed by atoms with van der Waals surface area (Å²) >= 11 is 0. The van der Waals surface area contributed by atoms with E-state index in [0.717, 1.165) is 54.5 Å². The fraction of sp³-hybridized carbons (Fsp3) is 0.680. The molecule has 0 saturated heterocycles. The molecule has 0 N–H and O–H groups in total. The van der Waals surface area contributed by atoms with Crippen molar-refractivity contribution >= 4 is 11.1 Å². The largest absolute Gasteiger partial charge is 0.501 e. The van der Waals surface area contributed by atoms with Crippen molar-refractivity contribution in [2.75, 3.05) is 7.11 Å². The van der Waals surface area contributed by atoms with Gasteiger partial charge in [-0.25, -0.2) is 0 Å². The Morgan fingerprint density at radius 3 is 2.07 bits per heavy atom. The number of ether oxygens (including phenoxy) is 2. The van der Waals surface area contributed by atoms with E-state index in [1.165, 1.54) is 75.3 Å². The third-order valence-corrected chi connectivity index (χ3v) is 18.5. The highest BCUT2D eigenvalue weighted by Crippen LogP contribution is 2.70. The Kier molecular flexibility index (Phi) is 8.35. The van der Waals surface area contributed by atoms with Crippen molar-refractivity contribution in [3.05, 3.63) is 83.4 Å². The zero-order valence-corrected chi connectivity index (χ0v) is 34.3. The van der Waals surface area contributed by atoms with E-state index in [9.17, 15) is 0 Å². The number of fused-ring (bicyclic) bond motifs is 10. The Hall–Kier alpha value is -2.72. The van der Waals surface area contributed by atoms with E-state index < -0.39 is 0 Å². The predicted molar refractivity (Wildman–Crippen MR) is 216 cm³/mol. The molecule has 8 aliphatic rings. The molecule has 14 atom stereocenters. The van der Waals surface area contributed by atoms with Crippen LogP contribution in [0.2, 0.25) is 0 Å². The van der Waals surface area contributed by atoms with Crippen molar-refractivity contribution in [2.24, 2.45) is 69.0 Å². The number of rotatable bonds is 6. The van der Waals surface area contributed by atoms with Crippen LogP contribution in [0.25, 0.3) is 11.1 Å². The van der Waals surface area contributed by atoms with Crippen molar-refractivity contribution < 1.29 is 18.3 Å². The maximum Gasteiger partial charge on any atom is 0.133 e. The maximum atomic E-state index is 7.27. The molecule has 3 unspecified atom stereocenters. The molecule has 0 radical (unpaired) electrons. The lowest BCUT2D eigenvalue weighted by Gasteiger charge is -2.60. The summed E-state index contributed by atoms with van der Waals surface area (Å²) in [5.74, 6) is 7.73. The van der Waals surface area contributed by atoms with E-state index in [4.69, 9.17) is 18.3 Å². The van der Waals surface area contributed by atoms with Crippen molar-refractivity contribution in [1.29, 1.82) is 0 Å². The molecule has 2 aromatic heterocycles. The van der Waals surface area contributed by atoms with Gasteiger partial charge in [0.15, 0.2) is 0 Å². The van der Waals surface area contributed by atoms with Gasteiger partial charge in [0.1, 0.15) is 11.5 Å². The molecule has 0 bridgehead atoms. The van der Waals surface area contributed by atoms with Crippen LogP contribution in [-0.2, 0) is 9.47 Å². The summed E-state index contributed by atoms with van der Waals surface area (Å²) in [4.78, 5) is 0. The Labute approximate surface area is 325 Å². The highest BCUT2D eigenvalue weighted by atomic mass is 16.5. The Bertz CT molecular complexity index is 1880. The second kappa shape index (κ2) is 12.6. The second-order valence-electron chi connectivity index (χ2n) is 20.6. The SMILES string of the molecule is CC[C@@H]1C=C2C[C@H](O[C@H]3CC[C@@]4(C)C(=C[C@H](C)[C@@H]5[C@@H]4CC[C@]4(C)C(c6ccco6)=C(OC)C[C@@H]54)C3)CC[C@]2(C)C2CC[C@]3(C)C(c4ccoc4)=CCC3C21. The van der Waals surface area contributed by atoms with Gasteiger partial charge < -0.3 is 18.3 Å². The lowest BCUT2D eigenvalue weighted by Crippen LogP contribution is -2.53. The Morgan fingerprint density at radius 1 is 0.741 bits per heavy atom. The zero-order chi connectivity index (χ0) is 37.2. The molecule has 54 heavy (non-hydrogen) atoms. The topological polar surface area (TPSA) is 44.7 Å². The zero-order valence-electron chi connectivity index (χ0n) is 34.3. The van der Waals surface area contributed by atoms with Crippen molar-refractivity contribution in [1.82, 2.24) is 0 Å². The fourth-order valence-electron chi connectivity index (χ4n) is 15.8. The van der Waals surface area contributed by atoms with Crippen LogP contribution in [0.3, 0.4) is 0 Å². The van der Waals surface area contributed by atoms with Crippen LogP contribution in [0.15, 0.2) is 81.0 Å². The quantitative estimate of drug-likeness (QED) is 0.278. The molecule has 2 aromatic rings. The molecule has 0 spiro atoms. The van der Waals surface area contributed by atoms with Crippen molar-refractivity contribution in [3.63, 3.8) is 0 Å². The second-order valence-corrected chi connectivity index (χ2v) is 20.6. The number of hydrogen-bond acceptors (Lipinski definition) is 4. The van der Waals surface area contributed by atoms with Crippen LogP contribution in [-0.4, -0.2) is 19.3 Å². The van der Waals surface area contributed by atoms with Crippen LogP contribution < -0.4 is 0 Å². The summed E-state index contributed by atoms with van der Waals surface area (Å²) in [6.45, 7) is 15.4. The summed E-state index contributed by atoms with van der Waals surface area (Å²) in [5.41, 5.74) is 8.67. The van der Waals surface area contributed by atoms with Gasteiger partial charge in [-0.2, -0.15) is 0 Å².